The first-order valence-corrected chi connectivity index (χ1v) is 7.63. The van der Waals surface area contributed by atoms with Crippen LogP contribution in [-0.2, 0) is 11.3 Å². The molecule has 1 fully saturated rings. The Kier molecular flexibility index (Phi) is 5.03. The second-order valence-corrected chi connectivity index (χ2v) is 6.53. The van der Waals surface area contributed by atoms with Crippen molar-refractivity contribution in [2.45, 2.75) is 52.7 Å². The fourth-order valence-corrected chi connectivity index (χ4v) is 3.17. The van der Waals surface area contributed by atoms with Gasteiger partial charge in [0.15, 0.2) is 0 Å². The van der Waals surface area contributed by atoms with Gasteiger partial charge < -0.3 is 10.5 Å². The van der Waals surface area contributed by atoms with Gasteiger partial charge in [0.1, 0.15) is 5.82 Å². The van der Waals surface area contributed by atoms with Crippen molar-refractivity contribution in [2.24, 2.45) is 17.8 Å². The molecule has 20 heavy (non-hydrogen) atoms. The molecule has 112 valence electrons. The first-order valence-electron chi connectivity index (χ1n) is 7.63. The number of hydrogen-bond donors (Lipinski definition) is 1. The number of anilines is 1. The van der Waals surface area contributed by atoms with Gasteiger partial charge in [-0.15, -0.1) is 0 Å². The summed E-state index contributed by atoms with van der Waals surface area (Å²) in [4.78, 5) is 0. The Morgan fingerprint density at radius 1 is 1.35 bits per heavy atom. The number of nitrogens with two attached hydrogens (primary N) is 1. The first-order chi connectivity index (χ1) is 9.47. The topological polar surface area (TPSA) is 35.2 Å². The monoisotopic (exact) mass is 279 g/mol. The minimum absolute atomic E-state index is 0.195. The molecule has 0 radical (unpaired) electrons. The van der Waals surface area contributed by atoms with Gasteiger partial charge in [0, 0.05) is 0 Å². The molecule has 0 amide bonds. The molecule has 1 saturated carbocycles. The fraction of sp³-hybridized carbons (Fsp3) is 0.647. The van der Waals surface area contributed by atoms with E-state index >= 15 is 0 Å². The zero-order chi connectivity index (χ0) is 14.7. The van der Waals surface area contributed by atoms with Crippen molar-refractivity contribution in [1.82, 2.24) is 0 Å². The molecule has 2 nitrogen and oxygen atoms in total. The van der Waals surface area contributed by atoms with Crippen LogP contribution in [0.5, 0.6) is 0 Å². The maximum atomic E-state index is 13.4. The lowest BCUT2D eigenvalue weighted by molar-refractivity contribution is -0.0473. The minimum atomic E-state index is -0.358. The summed E-state index contributed by atoms with van der Waals surface area (Å²) >= 11 is 0. The molecule has 1 aromatic rings. The molecule has 3 heteroatoms. The average molecular weight is 279 g/mol. The van der Waals surface area contributed by atoms with E-state index in [0.29, 0.717) is 24.5 Å². The Balaban J connectivity index is 1.98. The van der Waals surface area contributed by atoms with Crippen molar-refractivity contribution in [3.05, 3.63) is 29.6 Å². The zero-order valence-electron chi connectivity index (χ0n) is 12.7. The van der Waals surface area contributed by atoms with Crippen molar-refractivity contribution in [3.63, 3.8) is 0 Å². The molecule has 1 aliphatic carbocycles. The molecule has 0 spiro atoms. The Hall–Kier alpha value is -1.09. The van der Waals surface area contributed by atoms with Gasteiger partial charge in [-0.1, -0.05) is 33.3 Å². The number of rotatable bonds is 4. The molecule has 3 unspecified atom stereocenters. The standard InChI is InChI=1S/C17H26FNO/c1-11(2)14-6-4-12(3)8-17(14)20-10-13-5-7-16(19)15(18)9-13/h5,7,9,11-12,14,17H,4,6,8,10,19H2,1-3H3. The van der Waals surface area contributed by atoms with Crippen LogP contribution in [0.25, 0.3) is 0 Å². The molecule has 1 aliphatic rings. The van der Waals surface area contributed by atoms with Crippen LogP contribution in [0, 0.1) is 23.6 Å². The highest BCUT2D eigenvalue weighted by Gasteiger charge is 2.31. The smallest absolute Gasteiger partial charge is 0.146 e. The van der Waals surface area contributed by atoms with E-state index in [4.69, 9.17) is 10.5 Å². The molecule has 0 aromatic heterocycles. The highest BCUT2D eigenvalue weighted by Crippen LogP contribution is 2.35. The predicted molar refractivity (Wildman–Crippen MR) is 80.7 cm³/mol. The van der Waals surface area contributed by atoms with E-state index in [-0.39, 0.29) is 11.5 Å². The number of ether oxygens (including phenoxy) is 1. The number of hydrogen-bond acceptors (Lipinski definition) is 2. The molecule has 0 bridgehead atoms. The van der Waals surface area contributed by atoms with Crippen LogP contribution >= 0.6 is 0 Å². The Bertz CT molecular complexity index is 447. The van der Waals surface area contributed by atoms with E-state index < -0.39 is 0 Å². The van der Waals surface area contributed by atoms with Crippen LogP contribution in [0.3, 0.4) is 0 Å². The van der Waals surface area contributed by atoms with Gasteiger partial charge in [-0.05, 0) is 48.3 Å². The predicted octanol–water partition coefficient (Wildman–Crippen LogP) is 4.39. The van der Waals surface area contributed by atoms with Gasteiger partial charge in [0.2, 0.25) is 0 Å². The molecule has 1 aromatic carbocycles. The minimum Gasteiger partial charge on any atom is -0.396 e. The Labute approximate surface area is 121 Å². The normalized spacial score (nSPS) is 26.9. The van der Waals surface area contributed by atoms with Crippen molar-refractivity contribution in [3.8, 4) is 0 Å². The molecular weight excluding hydrogens is 253 g/mol. The van der Waals surface area contributed by atoms with Crippen molar-refractivity contribution >= 4 is 5.69 Å². The van der Waals surface area contributed by atoms with Crippen LogP contribution in [-0.4, -0.2) is 6.10 Å². The molecule has 2 rings (SSSR count). The lowest BCUT2D eigenvalue weighted by atomic mass is 9.75. The van der Waals surface area contributed by atoms with Crippen LogP contribution in [0.15, 0.2) is 18.2 Å². The van der Waals surface area contributed by atoms with Gasteiger partial charge in [-0.2, -0.15) is 0 Å². The zero-order valence-corrected chi connectivity index (χ0v) is 12.7. The van der Waals surface area contributed by atoms with E-state index in [1.807, 2.05) is 6.07 Å². The SMILES string of the molecule is CC1CCC(C(C)C)C(OCc2ccc(N)c(F)c2)C1. The van der Waals surface area contributed by atoms with Gasteiger partial charge in [-0.25, -0.2) is 4.39 Å². The summed E-state index contributed by atoms with van der Waals surface area (Å²) in [6.07, 6.45) is 3.93. The summed E-state index contributed by atoms with van der Waals surface area (Å²) in [7, 11) is 0. The van der Waals surface area contributed by atoms with E-state index in [1.54, 1.807) is 6.07 Å². The molecule has 0 saturated heterocycles. The highest BCUT2D eigenvalue weighted by atomic mass is 19.1. The summed E-state index contributed by atoms with van der Waals surface area (Å²) in [5.41, 5.74) is 6.55. The number of nitrogen functional groups attached to an aromatic ring is 1. The van der Waals surface area contributed by atoms with Crippen molar-refractivity contribution in [1.29, 1.82) is 0 Å². The third-order valence-corrected chi connectivity index (χ3v) is 4.49. The largest absolute Gasteiger partial charge is 0.396 e. The van der Waals surface area contributed by atoms with Crippen molar-refractivity contribution in [2.75, 3.05) is 5.73 Å². The maximum Gasteiger partial charge on any atom is 0.146 e. The quantitative estimate of drug-likeness (QED) is 0.830. The lowest BCUT2D eigenvalue weighted by Crippen LogP contribution is -2.34. The van der Waals surface area contributed by atoms with Gasteiger partial charge in [0.25, 0.3) is 0 Å². The van der Waals surface area contributed by atoms with Crippen molar-refractivity contribution < 1.29 is 9.13 Å². The molecule has 3 atom stereocenters. The molecule has 0 aliphatic heterocycles. The van der Waals surface area contributed by atoms with E-state index in [2.05, 4.69) is 20.8 Å². The Morgan fingerprint density at radius 2 is 2.10 bits per heavy atom. The highest BCUT2D eigenvalue weighted by molar-refractivity contribution is 5.41. The first kappa shape index (κ1) is 15.3. The summed E-state index contributed by atoms with van der Waals surface area (Å²) in [6, 6.07) is 4.93. The van der Waals surface area contributed by atoms with Crippen LogP contribution in [0.2, 0.25) is 0 Å². The van der Waals surface area contributed by atoms with Crippen LogP contribution in [0.1, 0.15) is 45.6 Å². The van der Waals surface area contributed by atoms with Gasteiger partial charge in [0.05, 0.1) is 18.4 Å². The maximum absolute atomic E-state index is 13.4. The summed E-state index contributed by atoms with van der Waals surface area (Å²) < 4.78 is 19.5. The molecule has 2 N–H and O–H groups in total. The van der Waals surface area contributed by atoms with Gasteiger partial charge >= 0.3 is 0 Å². The Morgan fingerprint density at radius 3 is 2.75 bits per heavy atom. The number of halogens is 1. The van der Waals surface area contributed by atoms with Crippen LogP contribution < -0.4 is 5.73 Å². The lowest BCUT2D eigenvalue weighted by Gasteiger charge is -2.37. The van der Waals surface area contributed by atoms with E-state index in [0.717, 1.165) is 17.9 Å². The van der Waals surface area contributed by atoms with E-state index in [9.17, 15) is 4.39 Å². The van der Waals surface area contributed by atoms with E-state index in [1.165, 1.54) is 18.9 Å². The second kappa shape index (κ2) is 6.57. The molecular formula is C17H26FNO. The average Bonchev–Trinajstić information content (AvgIpc) is 2.40. The van der Waals surface area contributed by atoms with Crippen LogP contribution in [0.4, 0.5) is 10.1 Å². The summed E-state index contributed by atoms with van der Waals surface area (Å²) in [5.74, 6) is 1.61. The fourth-order valence-electron chi connectivity index (χ4n) is 3.17. The third-order valence-electron chi connectivity index (χ3n) is 4.49. The molecule has 0 heterocycles. The summed E-state index contributed by atoms with van der Waals surface area (Å²) in [6.45, 7) is 7.29. The van der Waals surface area contributed by atoms with Gasteiger partial charge in [-0.3, -0.25) is 0 Å². The third kappa shape index (κ3) is 3.72. The second-order valence-electron chi connectivity index (χ2n) is 6.53. The summed E-state index contributed by atoms with van der Waals surface area (Å²) in [5, 5.41) is 0. The number of benzene rings is 1.